The summed E-state index contributed by atoms with van der Waals surface area (Å²) in [6.45, 7) is 9.54. The Kier molecular flexibility index (Phi) is 7.57. The van der Waals surface area contributed by atoms with Crippen molar-refractivity contribution >= 4 is 17.6 Å². The molecular weight excluding hydrogens is 352 g/mol. The lowest BCUT2D eigenvalue weighted by molar-refractivity contribution is -0.115. The number of benzene rings is 2. The van der Waals surface area contributed by atoms with E-state index in [-0.39, 0.29) is 12.6 Å². The van der Waals surface area contributed by atoms with Crippen LogP contribution in [0.3, 0.4) is 0 Å². The first-order valence-corrected chi connectivity index (χ1v) is 8.93. The molecule has 0 aliphatic rings. The van der Waals surface area contributed by atoms with Crippen LogP contribution in [0.1, 0.15) is 36.1 Å². The zero-order chi connectivity index (χ0) is 20.5. The Hall–Kier alpha value is -3.34. The first-order chi connectivity index (χ1) is 13.4. The van der Waals surface area contributed by atoms with E-state index in [4.69, 9.17) is 10.5 Å². The van der Waals surface area contributed by atoms with Crippen molar-refractivity contribution in [3.8, 4) is 0 Å². The second-order valence-corrected chi connectivity index (χ2v) is 6.38. The number of alkyl carbamates (subject to hydrolysis) is 1. The van der Waals surface area contributed by atoms with Gasteiger partial charge in [-0.05, 0) is 41.7 Å². The van der Waals surface area contributed by atoms with Gasteiger partial charge in [-0.25, -0.2) is 4.79 Å². The van der Waals surface area contributed by atoms with Gasteiger partial charge in [0.1, 0.15) is 6.61 Å². The topological polar surface area (TPSA) is 81.4 Å². The number of nitrogens with two attached hydrogens (primary N) is 1. The van der Waals surface area contributed by atoms with Gasteiger partial charge >= 0.3 is 6.09 Å². The third kappa shape index (κ3) is 5.84. The van der Waals surface area contributed by atoms with E-state index in [1.165, 1.54) is 0 Å². The first-order valence-electron chi connectivity index (χ1n) is 8.93. The van der Waals surface area contributed by atoms with Crippen molar-refractivity contribution < 1.29 is 14.3 Å². The van der Waals surface area contributed by atoms with Gasteiger partial charge in [-0.15, -0.1) is 6.58 Å². The van der Waals surface area contributed by atoms with Crippen molar-refractivity contribution in [2.75, 3.05) is 0 Å². The van der Waals surface area contributed by atoms with Gasteiger partial charge in [0.15, 0.2) is 0 Å². The molecule has 0 bridgehead atoms. The van der Waals surface area contributed by atoms with E-state index >= 15 is 0 Å². The smallest absolute Gasteiger partial charge is 0.407 e. The normalized spacial score (nSPS) is 11.5. The molecule has 0 saturated carbocycles. The van der Waals surface area contributed by atoms with Gasteiger partial charge in [0, 0.05) is 0 Å². The van der Waals surface area contributed by atoms with Gasteiger partial charge in [0.05, 0.1) is 12.0 Å². The summed E-state index contributed by atoms with van der Waals surface area (Å²) in [5.41, 5.74) is 8.43. The number of ether oxygens (including phenoxy) is 1. The molecule has 0 saturated heterocycles. The molecule has 0 fully saturated rings. The van der Waals surface area contributed by atoms with Crippen molar-refractivity contribution in [1.29, 1.82) is 0 Å². The standard InChI is InChI=1S/C23H25N2O3/c1-4-9-21(25-23(27)28-15-18-10-6-5-7-11-18)20-13-8-12-19(14-20)16(2)17(3)22(24)26/h4-8,10-14,21H,1-2,9,15H2,3H3,(H2,24,26)(H,25,27)/t21-/m0/s1. The van der Waals surface area contributed by atoms with E-state index < -0.39 is 12.0 Å². The zero-order valence-electron chi connectivity index (χ0n) is 16.0. The quantitative estimate of drug-likeness (QED) is 0.639. The lowest BCUT2D eigenvalue weighted by Crippen LogP contribution is -2.29. The van der Waals surface area contributed by atoms with Crippen LogP contribution in [0.4, 0.5) is 4.79 Å². The third-order valence-electron chi connectivity index (χ3n) is 4.37. The molecule has 5 nitrogen and oxygen atoms in total. The van der Waals surface area contributed by atoms with Gasteiger partial charge < -0.3 is 15.8 Å². The third-order valence-corrected chi connectivity index (χ3v) is 4.37. The molecule has 28 heavy (non-hydrogen) atoms. The number of rotatable bonds is 9. The van der Waals surface area contributed by atoms with Crippen molar-refractivity contribution in [3.63, 3.8) is 0 Å². The Morgan fingerprint density at radius 1 is 1.18 bits per heavy atom. The van der Waals surface area contributed by atoms with E-state index in [2.05, 4.69) is 18.5 Å². The summed E-state index contributed by atoms with van der Waals surface area (Å²) in [6.07, 6.45) is 1.74. The molecule has 2 aromatic carbocycles. The lowest BCUT2D eigenvalue weighted by atomic mass is 9.92. The highest BCUT2D eigenvalue weighted by atomic mass is 16.5. The predicted molar refractivity (Wildman–Crippen MR) is 111 cm³/mol. The van der Waals surface area contributed by atoms with Crippen molar-refractivity contribution in [2.45, 2.75) is 26.0 Å². The average molecular weight is 377 g/mol. The number of carbonyl (C=O) groups is 2. The van der Waals surface area contributed by atoms with E-state index in [1.807, 2.05) is 54.6 Å². The maximum absolute atomic E-state index is 12.2. The summed E-state index contributed by atoms with van der Waals surface area (Å²) >= 11 is 0. The fourth-order valence-corrected chi connectivity index (χ4v) is 2.66. The van der Waals surface area contributed by atoms with E-state index in [9.17, 15) is 9.59 Å². The largest absolute Gasteiger partial charge is 0.445 e. The molecule has 2 amide bonds. The van der Waals surface area contributed by atoms with E-state index in [0.717, 1.165) is 16.7 Å². The van der Waals surface area contributed by atoms with E-state index in [0.29, 0.717) is 17.9 Å². The fraction of sp³-hybridized carbons (Fsp3) is 0.174. The summed E-state index contributed by atoms with van der Waals surface area (Å²) in [5, 5.41) is 2.86. The molecule has 1 atom stereocenters. The van der Waals surface area contributed by atoms with Crippen molar-refractivity contribution in [1.82, 2.24) is 5.32 Å². The Labute approximate surface area is 165 Å². The molecule has 0 aromatic heterocycles. The first kappa shape index (κ1) is 21.0. The zero-order valence-corrected chi connectivity index (χ0v) is 16.0. The van der Waals surface area contributed by atoms with Crippen LogP contribution in [-0.4, -0.2) is 12.0 Å². The average Bonchev–Trinajstić information content (AvgIpc) is 2.71. The minimum Gasteiger partial charge on any atom is -0.445 e. The molecule has 5 heteroatoms. The van der Waals surface area contributed by atoms with Crippen LogP contribution < -0.4 is 11.1 Å². The Bertz CT molecular complexity index is 846. The summed E-state index contributed by atoms with van der Waals surface area (Å²) in [6, 6.07) is 16.6. The molecule has 3 N–H and O–H groups in total. The SMILES string of the molecule is C=CC[C@H](NC(=O)OCc1ccccc1)c1cccc(C(=C)[C](C)C(N)=O)c1. The second-order valence-electron chi connectivity index (χ2n) is 6.38. The Balaban J connectivity index is 2.09. The van der Waals surface area contributed by atoms with Gasteiger partial charge in [0.2, 0.25) is 5.91 Å². The Morgan fingerprint density at radius 2 is 1.89 bits per heavy atom. The van der Waals surface area contributed by atoms with Gasteiger partial charge in [-0.1, -0.05) is 61.2 Å². The molecule has 2 aromatic rings. The molecule has 0 spiro atoms. The van der Waals surface area contributed by atoms with Gasteiger partial charge in [-0.2, -0.15) is 0 Å². The monoisotopic (exact) mass is 377 g/mol. The number of primary amides is 1. The van der Waals surface area contributed by atoms with Crippen molar-refractivity contribution in [3.05, 3.63) is 96.4 Å². The molecule has 0 aliphatic carbocycles. The maximum Gasteiger partial charge on any atom is 0.407 e. The second kappa shape index (κ2) is 10.1. The minimum atomic E-state index is -0.514. The lowest BCUT2D eigenvalue weighted by Gasteiger charge is -2.19. The number of hydrogen-bond donors (Lipinski definition) is 2. The van der Waals surface area contributed by atoms with Crippen LogP contribution in [0.2, 0.25) is 0 Å². The summed E-state index contributed by atoms with van der Waals surface area (Å²) in [5.74, 6) is -0.117. The molecule has 145 valence electrons. The number of hydrogen-bond acceptors (Lipinski definition) is 3. The fourth-order valence-electron chi connectivity index (χ4n) is 2.66. The van der Waals surface area contributed by atoms with Crippen LogP contribution >= 0.6 is 0 Å². The summed E-state index contributed by atoms with van der Waals surface area (Å²) in [7, 11) is 0. The minimum absolute atomic E-state index is 0.192. The van der Waals surface area contributed by atoms with Gasteiger partial charge in [0.25, 0.3) is 0 Å². The molecule has 1 radical (unpaired) electrons. The van der Waals surface area contributed by atoms with Crippen LogP contribution in [0.5, 0.6) is 0 Å². The molecule has 2 rings (SSSR count). The van der Waals surface area contributed by atoms with Crippen LogP contribution in [0.15, 0.2) is 73.8 Å². The maximum atomic E-state index is 12.2. The number of carbonyl (C=O) groups excluding carboxylic acids is 2. The molecular formula is C23H25N2O3. The summed E-state index contributed by atoms with van der Waals surface area (Å²) < 4.78 is 5.31. The highest BCUT2D eigenvalue weighted by Gasteiger charge is 2.18. The van der Waals surface area contributed by atoms with E-state index in [1.54, 1.807) is 13.0 Å². The highest BCUT2D eigenvalue weighted by Crippen LogP contribution is 2.26. The van der Waals surface area contributed by atoms with Crippen LogP contribution in [0.25, 0.3) is 5.57 Å². The van der Waals surface area contributed by atoms with Crippen molar-refractivity contribution in [2.24, 2.45) is 5.73 Å². The number of nitrogens with one attached hydrogen (secondary N) is 1. The van der Waals surface area contributed by atoms with Gasteiger partial charge in [-0.3, -0.25) is 4.79 Å². The van der Waals surface area contributed by atoms with Crippen LogP contribution in [0, 0.1) is 5.92 Å². The molecule has 0 aliphatic heterocycles. The Morgan fingerprint density at radius 3 is 2.54 bits per heavy atom. The number of amides is 2. The molecule has 0 unspecified atom stereocenters. The predicted octanol–water partition coefficient (Wildman–Crippen LogP) is 4.32. The molecule has 0 heterocycles. The highest BCUT2D eigenvalue weighted by molar-refractivity contribution is 6.03. The summed E-state index contributed by atoms with van der Waals surface area (Å²) in [4.78, 5) is 23.6. The van der Waals surface area contributed by atoms with Crippen LogP contribution in [-0.2, 0) is 16.1 Å².